The number of benzene rings is 2. The summed E-state index contributed by atoms with van der Waals surface area (Å²) in [4.78, 5) is 11.0. The Morgan fingerprint density at radius 2 is 0.649 bits per heavy atom. The van der Waals surface area contributed by atoms with E-state index in [-0.39, 0.29) is 17.4 Å². The van der Waals surface area contributed by atoms with Gasteiger partial charge in [-0.15, -0.1) is 0 Å². The van der Waals surface area contributed by atoms with Crippen LogP contribution in [0.4, 0.5) is 0 Å². The maximum atomic E-state index is 11.0. The van der Waals surface area contributed by atoms with E-state index in [4.69, 9.17) is 56.5 Å². The van der Waals surface area contributed by atoms with Crippen LogP contribution in [-0.4, -0.2) is 173 Å². The zero-order valence-corrected chi connectivity index (χ0v) is 36.0. The van der Waals surface area contributed by atoms with Gasteiger partial charge in [-0.1, -0.05) is 81.4 Å². The summed E-state index contributed by atoms with van der Waals surface area (Å²) < 4.78 is 72.1. The van der Waals surface area contributed by atoms with Crippen molar-refractivity contribution in [1.29, 1.82) is 0 Å². The van der Waals surface area contributed by atoms with Crippen molar-refractivity contribution >= 4 is 24.7 Å². The first kappa shape index (κ1) is 50.8. The van der Waals surface area contributed by atoms with Gasteiger partial charge < -0.3 is 61.3 Å². The van der Waals surface area contributed by atoms with Crippen LogP contribution in [0.25, 0.3) is 0 Å². The summed E-state index contributed by atoms with van der Waals surface area (Å²) in [6, 6.07) is 21.3. The van der Waals surface area contributed by atoms with Crippen molar-refractivity contribution < 1.29 is 66.1 Å². The first-order valence-corrected chi connectivity index (χ1v) is 22.0. The number of methoxy groups -OCH3 is 1. The Bertz CT molecular complexity index is 1150. The molecule has 0 aliphatic carbocycles. The minimum absolute atomic E-state index is 0.0611. The van der Waals surface area contributed by atoms with Crippen LogP contribution >= 0.6 is 0 Å². The lowest BCUT2D eigenvalue weighted by Gasteiger charge is -2.43. The smallest absolute Gasteiger partial charge is 0.307 e. The average molecular weight is 827 g/mol. The Morgan fingerprint density at radius 1 is 0.404 bits per heavy atom. The maximum Gasteiger partial charge on any atom is 0.307 e. The van der Waals surface area contributed by atoms with E-state index in [0.717, 1.165) is 0 Å². The third kappa shape index (κ3) is 24.4. The average Bonchev–Trinajstić information content (AvgIpc) is 3.22. The zero-order valence-electron chi connectivity index (χ0n) is 35.0. The van der Waals surface area contributed by atoms with Gasteiger partial charge in [0.15, 0.2) is 0 Å². The Kier molecular flexibility index (Phi) is 30.7. The number of ether oxygens (including phenoxy) is 12. The normalized spacial score (nSPS) is 12.0. The molecule has 0 heterocycles. The van der Waals surface area contributed by atoms with E-state index >= 15 is 0 Å². The molecular formula is C42H70O14Si. The lowest BCUT2D eigenvalue weighted by atomic mass is 10.2. The first-order valence-electron chi connectivity index (χ1n) is 20.1. The third-order valence-corrected chi connectivity index (χ3v) is 13.4. The van der Waals surface area contributed by atoms with Gasteiger partial charge in [-0.2, -0.15) is 0 Å². The predicted octanol–water partition coefficient (Wildman–Crippen LogP) is 3.31. The fraction of sp³-hybridized carbons (Fsp3) is 0.690. The van der Waals surface area contributed by atoms with E-state index < -0.39 is 8.32 Å². The van der Waals surface area contributed by atoms with E-state index in [1.54, 1.807) is 0 Å². The van der Waals surface area contributed by atoms with Gasteiger partial charge in [-0.25, -0.2) is 0 Å². The minimum Gasteiger partial charge on any atom is -0.469 e. The highest BCUT2D eigenvalue weighted by atomic mass is 28.4. The Labute approximate surface area is 342 Å². The van der Waals surface area contributed by atoms with Crippen LogP contribution in [0.1, 0.15) is 27.2 Å². The maximum absolute atomic E-state index is 11.0. The van der Waals surface area contributed by atoms with Crippen molar-refractivity contribution in [2.45, 2.75) is 32.2 Å². The lowest BCUT2D eigenvalue weighted by molar-refractivity contribution is -0.141. The van der Waals surface area contributed by atoms with Crippen molar-refractivity contribution in [3.05, 3.63) is 60.7 Å². The Morgan fingerprint density at radius 3 is 0.895 bits per heavy atom. The second-order valence-electron chi connectivity index (χ2n) is 13.6. The zero-order chi connectivity index (χ0) is 41.0. The van der Waals surface area contributed by atoms with Crippen LogP contribution < -0.4 is 10.4 Å². The van der Waals surface area contributed by atoms with E-state index in [1.807, 2.05) is 0 Å². The molecule has 2 aromatic rings. The number of hydrogen-bond donors (Lipinski definition) is 0. The molecule has 0 spiro atoms. The van der Waals surface area contributed by atoms with Crippen LogP contribution in [0.5, 0.6) is 0 Å². The van der Waals surface area contributed by atoms with Gasteiger partial charge in [-0.05, 0) is 15.4 Å². The van der Waals surface area contributed by atoms with E-state index in [2.05, 4.69) is 86.2 Å². The Balaban J connectivity index is 1.28. The highest BCUT2D eigenvalue weighted by molar-refractivity contribution is 6.99. The molecule has 2 aromatic carbocycles. The van der Waals surface area contributed by atoms with Crippen LogP contribution in [-0.2, 0) is 66.1 Å². The highest BCUT2D eigenvalue weighted by Crippen LogP contribution is 2.36. The molecule has 0 atom stereocenters. The van der Waals surface area contributed by atoms with Crippen molar-refractivity contribution in [2.24, 2.45) is 0 Å². The van der Waals surface area contributed by atoms with Gasteiger partial charge >= 0.3 is 5.97 Å². The molecule has 15 heteroatoms. The Hall–Kier alpha value is -2.35. The van der Waals surface area contributed by atoms with E-state index in [9.17, 15) is 4.79 Å². The monoisotopic (exact) mass is 826 g/mol. The molecule has 0 radical (unpaired) electrons. The van der Waals surface area contributed by atoms with Crippen LogP contribution in [0.15, 0.2) is 60.7 Å². The predicted molar refractivity (Wildman–Crippen MR) is 219 cm³/mol. The molecule has 0 amide bonds. The third-order valence-electron chi connectivity index (χ3n) is 8.36. The molecule has 0 saturated carbocycles. The van der Waals surface area contributed by atoms with Gasteiger partial charge in [0, 0.05) is 0 Å². The number of carbonyl (C=O) groups is 1. The molecule has 0 N–H and O–H groups in total. The van der Waals surface area contributed by atoms with Crippen molar-refractivity contribution in [3.8, 4) is 0 Å². The van der Waals surface area contributed by atoms with E-state index in [0.29, 0.717) is 152 Å². The van der Waals surface area contributed by atoms with Crippen LogP contribution in [0.3, 0.4) is 0 Å². The first-order chi connectivity index (χ1) is 27.9. The second-order valence-corrected chi connectivity index (χ2v) is 17.9. The molecule has 0 bridgehead atoms. The molecule has 0 unspecified atom stereocenters. The second kappa shape index (κ2) is 34.5. The summed E-state index contributed by atoms with van der Waals surface area (Å²) in [7, 11) is -1.19. The molecule has 0 aliphatic rings. The number of esters is 1. The van der Waals surface area contributed by atoms with E-state index in [1.165, 1.54) is 17.5 Å². The van der Waals surface area contributed by atoms with Crippen LogP contribution in [0, 0.1) is 0 Å². The fourth-order valence-electron chi connectivity index (χ4n) is 5.57. The van der Waals surface area contributed by atoms with Gasteiger partial charge in [0.2, 0.25) is 0 Å². The largest absolute Gasteiger partial charge is 0.469 e. The molecular weight excluding hydrogens is 757 g/mol. The molecule has 0 saturated heterocycles. The van der Waals surface area contributed by atoms with Gasteiger partial charge in [0.05, 0.1) is 165 Å². The summed E-state index contributed by atoms with van der Waals surface area (Å²) in [5.74, 6) is -0.287. The number of hydrogen-bond acceptors (Lipinski definition) is 14. The molecule has 14 nitrogen and oxygen atoms in total. The van der Waals surface area contributed by atoms with Gasteiger partial charge in [0.25, 0.3) is 8.32 Å². The topological polar surface area (TPSA) is 137 Å². The van der Waals surface area contributed by atoms with Gasteiger partial charge in [0.1, 0.15) is 0 Å². The minimum atomic E-state index is -2.54. The summed E-state index contributed by atoms with van der Waals surface area (Å²) in [5.41, 5.74) is 0. The standard InChI is InChI=1S/C42H70O14Si/c1-42(2,3)57(39-11-7-5-8-12-39,40-13-9-6-10-14-40)56-38-37-55-36-35-54-34-33-53-32-31-52-30-29-51-28-27-50-26-25-49-24-23-48-22-21-47-20-19-46-18-17-45-16-15-41(43)44-4/h5-14H,15-38H2,1-4H3. The summed E-state index contributed by atoms with van der Waals surface area (Å²) in [6.07, 6.45) is 0.242. The fourth-order valence-corrected chi connectivity index (χ4v) is 10.1. The summed E-state index contributed by atoms with van der Waals surface area (Å²) >= 11 is 0. The van der Waals surface area contributed by atoms with Crippen LogP contribution in [0.2, 0.25) is 5.04 Å². The number of carbonyl (C=O) groups excluding carboxylic acids is 1. The molecule has 57 heavy (non-hydrogen) atoms. The molecule has 0 aromatic heterocycles. The van der Waals surface area contributed by atoms with Gasteiger partial charge in [-0.3, -0.25) is 4.79 Å². The summed E-state index contributed by atoms with van der Waals surface area (Å²) in [6.45, 7) is 17.9. The number of rotatable bonds is 39. The highest BCUT2D eigenvalue weighted by Gasteiger charge is 2.50. The van der Waals surface area contributed by atoms with Crippen molar-refractivity contribution in [2.75, 3.05) is 159 Å². The lowest BCUT2D eigenvalue weighted by Crippen LogP contribution is -2.66. The molecule has 0 fully saturated rings. The molecule has 326 valence electrons. The van der Waals surface area contributed by atoms with Crippen molar-refractivity contribution in [1.82, 2.24) is 0 Å². The molecule has 2 rings (SSSR count). The summed E-state index contributed by atoms with van der Waals surface area (Å²) in [5, 5.41) is 2.47. The SMILES string of the molecule is COC(=O)CCOCCOCCOCCOCCOCCOCCOCCOCCOCCOCCOCCO[Si](c1ccccc1)(c1ccccc1)C(C)(C)C. The quantitative estimate of drug-likeness (QED) is 0.0554. The molecule has 0 aliphatic heterocycles. The van der Waals surface area contributed by atoms with Crippen molar-refractivity contribution in [3.63, 3.8) is 0 Å².